The Morgan fingerprint density at radius 3 is 2.70 bits per heavy atom. The number of benzene rings is 1. The van der Waals surface area contributed by atoms with Gasteiger partial charge in [-0.2, -0.15) is 0 Å². The van der Waals surface area contributed by atoms with Gasteiger partial charge in [0, 0.05) is 11.6 Å². The molecule has 1 aromatic heterocycles. The monoisotopic (exact) mass is 336 g/mol. The summed E-state index contributed by atoms with van der Waals surface area (Å²) in [6, 6.07) is 8.79. The van der Waals surface area contributed by atoms with Crippen molar-refractivity contribution in [2.45, 2.75) is 12.5 Å². The summed E-state index contributed by atoms with van der Waals surface area (Å²) in [4.78, 5) is 12.1. The fourth-order valence-corrected chi connectivity index (χ4v) is 4.24. The van der Waals surface area contributed by atoms with E-state index in [1.807, 2.05) is 18.2 Å². The highest BCUT2D eigenvalue weighted by molar-refractivity contribution is 7.91. The van der Waals surface area contributed by atoms with Crippen LogP contribution in [0.3, 0.4) is 0 Å². The molecule has 1 fully saturated rings. The van der Waals surface area contributed by atoms with E-state index in [4.69, 9.17) is 9.26 Å². The Balaban J connectivity index is 1.95. The van der Waals surface area contributed by atoms with E-state index in [9.17, 15) is 13.2 Å². The summed E-state index contributed by atoms with van der Waals surface area (Å²) < 4.78 is 33.2. The number of anilines is 1. The van der Waals surface area contributed by atoms with Gasteiger partial charge in [0.1, 0.15) is 5.69 Å². The Labute approximate surface area is 133 Å². The SMILES string of the molecule is COC(=O)c1c(-c2ccccc2)noc1NC1CCS(=O)(=O)C1. The zero-order valence-corrected chi connectivity index (χ0v) is 13.3. The van der Waals surface area contributed by atoms with E-state index in [-0.39, 0.29) is 29.0 Å². The van der Waals surface area contributed by atoms with Gasteiger partial charge in [-0.15, -0.1) is 0 Å². The lowest BCUT2D eigenvalue weighted by atomic mass is 10.1. The average molecular weight is 336 g/mol. The summed E-state index contributed by atoms with van der Waals surface area (Å²) in [5, 5.41) is 6.91. The van der Waals surface area contributed by atoms with Crippen LogP contribution >= 0.6 is 0 Å². The van der Waals surface area contributed by atoms with Crippen LogP contribution in [0.1, 0.15) is 16.8 Å². The molecule has 122 valence electrons. The van der Waals surface area contributed by atoms with E-state index in [0.717, 1.165) is 0 Å². The van der Waals surface area contributed by atoms with Crippen LogP contribution in [0, 0.1) is 0 Å². The molecule has 0 amide bonds. The average Bonchev–Trinajstić information content (AvgIpc) is 3.11. The van der Waals surface area contributed by atoms with Crippen molar-refractivity contribution in [1.82, 2.24) is 5.16 Å². The molecule has 1 unspecified atom stereocenters. The number of aromatic nitrogens is 1. The standard InChI is InChI=1S/C15H16N2O5S/c1-21-15(18)12-13(10-5-3-2-4-6-10)17-22-14(12)16-11-7-8-23(19,20)9-11/h2-6,11,16H,7-9H2,1H3. The fraction of sp³-hybridized carbons (Fsp3) is 0.333. The number of rotatable bonds is 4. The van der Waals surface area contributed by atoms with Gasteiger partial charge in [-0.1, -0.05) is 35.5 Å². The van der Waals surface area contributed by atoms with Crippen molar-refractivity contribution in [3.63, 3.8) is 0 Å². The van der Waals surface area contributed by atoms with Crippen LogP contribution in [0.25, 0.3) is 11.3 Å². The molecule has 23 heavy (non-hydrogen) atoms. The first-order valence-corrected chi connectivity index (χ1v) is 8.92. The zero-order chi connectivity index (χ0) is 16.4. The predicted molar refractivity (Wildman–Crippen MR) is 84.0 cm³/mol. The second-order valence-electron chi connectivity index (χ2n) is 5.34. The van der Waals surface area contributed by atoms with E-state index in [1.165, 1.54) is 7.11 Å². The van der Waals surface area contributed by atoms with Crippen molar-refractivity contribution in [2.75, 3.05) is 23.9 Å². The number of methoxy groups -OCH3 is 1. The van der Waals surface area contributed by atoms with Gasteiger partial charge in [0.2, 0.25) is 5.88 Å². The fourth-order valence-electron chi connectivity index (χ4n) is 2.57. The molecule has 1 atom stereocenters. The first kappa shape index (κ1) is 15.5. The van der Waals surface area contributed by atoms with Crippen LogP contribution < -0.4 is 5.32 Å². The van der Waals surface area contributed by atoms with Gasteiger partial charge < -0.3 is 14.6 Å². The highest BCUT2D eigenvalue weighted by Gasteiger charge is 2.32. The van der Waals surface area contributed by atoms with Crippen LogP contribution in [-0.4, -0.2) is 44.2 Å². The summed E-state index contributed by atoms with van der Waals surface area (Å²) in [6.07, 6.45) is 0.463. The van der Waals surface area contributed by atoms with E-state index >= 15 is 0 Å². The van der Waals surface area contributed by atoms with Gasteiger partial charge in [0.15, 0.2) is 15.4 Å². The predicted octanol–water partition coefficient (Wildman–Crippen LogP) is 1.73. The molecule has 0 radical (unpaired) electrons. The van der Waals surface area contributed by atoms with E-state index < -0.39 is 15.8 Å². The Hall–Kier alpha value is -2.35. The van der Waals surface area contributed by atoms with Crippen LogP contribution in [-0.2, 0) is 14.6 Å². The Kier molecular flexibility index (Phi) is 4.08. The number of esters is 1. The normalized spacial score (nSPS) is 19.4. The molecular formula is C15H16N2O5S. The van der Waals surface area contributed by atoms with Crippen molar-refractivity contribution in [3.05, 3.63) is 35.9 Å². The lowest BCUT2D eigenvalue weighted by Crippen LogP contribution is -2.21. The van der Waals surface area contributed by atoms with Gasteiger partial charge in [-0.3, -0.25) is 0 Å². The molecular weight excluding hydrogens is 320 g/mol. The Morgan fingerprint density at radius 1 is 1.35 bits per heavy atom. The number of carbonyl (C=O) groups excluding carboxylic acids is 1. The summed E-state index contributed by atoms with van der Waals surface area (Å²) in [7, 11) is -1.77. The van der Waals surface area contributed by atoms with Crippen molar-refractivity contribution < 1.29 is 22.5 Å². The molecule has 0 saturated carbocycles. The highest BCUT2D eigenvalue weighted by Crippen LogP contribution is 2.30. The molecule has 1 aliphatic heterocycles. The quantitative estimate of drug-likeness (QED) is 0.849. The minimum absolute atomic E-state index is 0.00891. The van der Waals surface area contributed by atoms with Crippen molar-refractivity contribution in [2.24, 2.45) is 0 Å². The molecule has 0 spiro atoms. The van der Waals surface area contributed by atoms with Crippen molar-refractivity contribution >= 4 is 21.7 Å². The van der Waals surface area contributed by atoms with Gasteiger partial charge in [0.05, 0.1) is 18.6 Å². The zero-order valence-electron chi connectivity index (χ0n) is 12.5. The van der Waals surface area contributed by atoms with Gasteiger partial charge in [-0.25, -0.2) is 13.2 Å². The van der Waals surface area contributed by atoms with Gasteiger partial charge >= 0.3 is 5.97 Å². The number of nitrogens with zero attached hydrogens (tertiary/aromatic N) is 1. The Bertz CT molecular complexity index is 814. The molecule has 2 heterocycles. The molecule has 1 saturated heterocycles. The highest BCUT2D eigenvalue weighted by atomic mass is 32.2. The summed E-state index contributed by atoms with van der Waals surface area (Å²) >= 11 is 0. The third kappa shape index (κ3) is 3.21. The van der Waals surface area contributed by atoms with Crippen molar-refractivity contribution in [1.29, 1.82) is 0 Å². The Morgan fingerprint density at radius 2 is 2.09 bits per heavy atom. The number of nitrogens with one attached hydrogen (secondary N) is 1. The third-order valence-electron chi connectivity index (χ3n) is 3.70. The third-order valence-corrected chi connectivity index (χ3v) is 5.46. The van der Waals surface area contributed by atoms with Crippen LogP contribution in [0.5, 0.6) is 0 Å². The summed E-state index contributed by atoms with van der Waals surface area (Å²) in [6.45, 7) is 0. The molecule has 0 aliphatic carbocycles. The molecule has 7 nitrogen and oxygen atoms in total. The largest absolute Gasteiger partial charge is 0.465 e. The first-order valence-electron chi connectivity index (χ1n) is 7.10. The minimum Gasteiger partial charge on any atom is -0.465 e. The van der Waals surface area contributed by atoms with E-state index in [2.05, 4.69) is 10.5 Å². The van der Waals surface area contributed by atoms with Gasteiger partial charge in [0.25, 0.3) is 0 Å². The molecule has 8 heteroatoms. The lowest BCUT2D eigenvalue weighted by Gasteiger charge is -2.10. The molecule has 3 rings (SSSR count). The lowest BCUT2D eigenvalue weighted by molar-refractivity contribution is 0.0602. The number of hydrogen-bond donors (Lipinski definition) is 1. The summed E-state index contributed by atoms with van der Waals surface area (Å²) in [5.41, 5.74) is 1.24. The number of carbonyl (C=O) groups is 1. The summed E-state index contributed by atoms with van der Waals surface area (Å²) in [5.74, 6) is -0.321. The topological polar surface area (TPSA) is 98.5 Å². The van der Waals surface area contributed by atoms with Gasteiger partial charge in [-0.05, 0) is 6.42 Å². The van der Waals surface area contributed by atoms with Crippen molar-refractivity contribution in [3.8, 4) is 11.3 Å². The number of sulfone groups is 1. The second kappa shape index (κ2) is 6.04. The van der Waals surface area contributed by atoms with E-state index in [1.54, 1.807) is 12.1 Å². The molecule has 1 aromatic carbocycles. The van der Waals surface area contributed by atoms with E-state index in [0.29, 0.717) is 17.7 Å². The maximum atomic E-state index is 12.1. The van der Waals surface area contributed by atoms with Crippen LogP contribution in [0.2, 0.25) is 0 Å². The van der Waals surface area contributed by atoms with Crippen LogP contribution in [0.15, 0.2) is 34.9 Å². The van der Waals surface area contributed by atoms with Crippen LogP contribution in [0.4, 0.5) is 5.88 Å². The first-order chi connectivity index (χ1) is 11.0. The number of hydrogen-bond acceptors (Lipinski definition) is 7. The molecule has 1 N–H and O–H groups in total. The smallest absolute Gasteiger partial charge is 0.345 e. The molecule has 1 aliphatic rings. The second-order valence-corrected chi connectivity index (χ2v) is 7.57. The molecule has 2 aromatic rings. The maximum Gasteiger partial charge on any atom is 0.345 e. The minimum atomic E-state index is -3.04. The number of ether oxygens (including phenoxy) is 1. The maximum absolute atomic E-state index is 12.1. The molecule has 0 bridgehead atoms.